The summed E-state index contributed by atoms with van der Waals surface area (Å²) in [4.78, 5) is 33.1. The van der Waals surface area contributed by atoms with Crippen LogP contribution in [0.2, 0.25) is 0 Å². The van der Waals surface area contributed by atoms with Crippen molar-refractivity contribution in [3.63, 3.8) is 0 Å². The third kappa shape index (κ3) is 3.46. The molecule has 0 bridgehead atoms. The van der Waals surface area contributed by atoms with Gasteiger partial charge in [-0.25, -0.2) is 19.9 Å². The molecule has 2 fully saturated rings. The van der Waals surface area contributed by atoms with Gasteiger partial charge in [0.25, 0.3) is 5.91 Å². The van der Waals surface area contributed by atoms with Gasteiger partial charge in [0.1, 0.15) is 0 Å². The number of carbonyl (C=O) groups is 1. The van der Waals surface area contributed by atoms with Crippen LogP contribution in [0, 0.1) is 6.92 Å². The molecule has 2 aromatic rings. The Labute approximate surface area is 173 Å². The zero-order valence-electron chi connectivity index (χ0n) is 16.6. The lowest BCUT2D eigenvalue weighted by molar-refractivity contribution is 0.0485. The zero-order valence-corrected chi connectivity index (χ0v) is 17.5. The van der Waals surface area contributed by atoms with E-state index in [-0.39, 0.29) is 11.3 Å². The standard InChI is InChI=1S/C20H24N6O2S/c1-12-15(8-22-19(23-12)29-2)17(27)26-6-5-20(10-26)11-28-9-13-7-21-18(25-16(13)20)24-14-3-4-14/h7-8,14H,3-6,9-11H2,1-2H3,(H,21,24,25). The minimum atomic E-state index is -0.278. The molecule has 1 unspecified atom stereocenters. The molecule has 0 radical (unpaired) electrons. The van der Waals surface area contributed by atoms with E-state index in [0.717, 1.165) is 17.7 Å². The van der Waals surface area contributed by atoms with Gasteiger partial charge in [-0.1, -0.05) is 11.8 Å². The van der Waals surface area contributed by atoms with E-state index in [9.17, 15) is 4.79 Å². The van der Waals surface area contributed by atoms with Gasteiger partial charge in [0.2, 0.25) is 5.95 Å². The first-order chi connectivity index (χ1) is 14.1. The summed E-state index contributed by atoms with van der Waals surface area (Å²) in [6.45, 7) is 4.22. The van der Waals surface area contributed by atoms with Crippen LogP contribution in [0.1, 0.15) is 46.6 Å². The molecule has 0 aromatic carbocycles. The highest BCUT2D eigenvalue weighted by atomic mass is 32.2. The summed E-state index contributed by atoms with van der Waals surface area (Å²) >= 11 is 1.47. The molecule has 2 aromatic heterocycles. The monoisotopic (exact) mass is 412 g/mol. The van der Waals surface area contributed by atoms with Gasteiger partial charge in [0, 0.05) is 37.1 Å². The third-order valence-corrected chi connectivity index (χ3v) is 6.49. The summed E-state index contributed by atoms with van der Waals surface area (Å²) in [7, 11) is 0. The molecule has 1 amide bonds. The van der Waals surface area contributed by atoms with Crippen molar-refractivity contribution in [1.82, 2.24) is 24.8 Å². The van der Waals surface area contributed by atoms with E-state index < -0.39 is 0 Å². The van der Waals surface area contributed by atoms with Crippen molar-refractivity contribution in [3.05, 3.63) is 34.9 Å². The van der Waals surface area contributed by atoms with Gasteiger partial charge in [0.05, 0.1) is 35.6 Å². The zero-order chi connectivity index (χ0) is 20.0. The van der Waals surface area contributed by atoms with Crippen LogP contribution in [-0.2, 0) is 16.8 Å². The summed E-state index contributed by atoms with van der Waals surface area (Å²) in [6.07, 6.45) is 8.62. The second-order valence-corrected chi connectivity index (χ2v) is 8.87. The Morgan fingerprint density at radius 3 is 2.93 bits per heavy atom. The Morgan fingerprint density at radius 2 is 2.17 bits per heavy atom. The normalized spacial score (nSPS) is 23.3. The Hall–Kier alpha value is -2.26. The number of hydrogen-bond donors (Lipinski definition) is 1. The van der Waals surface area contributed by atoms with E-state index >= 15 is 0 Å². The number of aryl methyl sites for hydroxylation is 1. The van der Waals surface area contributed by atoms with E-state index in [0.29, 0.717) is 54.7 Å². The predicted octanol–water partition coefficient (Wildman–Crippen LogP) is 2.19. The number of amides is 1. The summed E-state index contributed by atoms with van der Waals surface area (Å²) < 4.78 is 5.89. The summed E-state index contributed by atoms with van der Waals surface area (Å²) in [6, 6.07) is 0.498. The molecule has 5 rings (SSSR count). The van der Waals surface area contributed by atoms with Gasteiger partial charge in [-0.3, -0.25) is 4.79 Å². The second kappa shape index (κ2) is 7.21. The number of fused-ring (bicyclic) bond motifs is 2. The fourth-order valence-electron chi connectivity index (χ4n) is 4.16. The molecular formula is C20H24N6O2S. The molecule has 1 aliphatic carbocycles. The van der Waals surface area contributed by atoms with Crippen LogP contribution in [0.3, 0.4) is 0 Å². The Morgan fingerprint density at radius 1 is 1.31 bits per heavy atom. The molecule has 4 heterocycles. The number of carbonyl (C=O) groups excluding carboxylic acids is 1. The molecule has 8 nitrogen and oxygen atoms in total. The number of rotatable bonds is 4. The average Bonchev–Trinajstić information content (AvgIpc) is 3.45. The molecule has 1 atom stereocenters. The van der Waals surface area contributed by atoms with Gasteiger partial charge in [-0.05, 0) is 32.4 Å². The maximum Gasteiger partial charge on any atom is 0.257 e. The summed E-state index contributed by atoms with van der Waals surface area (Å²) in [5.74, 6) is 0.665. The van der Waals surface area contributed by atoms with Crippen molar-refractivity contribution < 1.29 is 9.53 Å². The van der Waals surface area contributed by atoms with E-state index in [1.54, 1.807) is 6.20 Å². The smallest absolute Gasteiger partial charge is 0.257 e. The largest absolute Gasteiger partial charge is 0.376 e. The van der Waals surface area contributed by atoms with Crippen LogP contribution in [0.25, 0.3) is 0 Å². The number of nitrogens with zero attached hydrogens (tertiary/aromatic N) is 5. The summed E-state index contributed by atoms with van der Waals surface area (Å²) in [5.41, 5.74) is 3.06. The molecular weight excluding hydrogens is 388 g/mol. The Balaban J connectivity index is 1.41. The quantitative estimate of drug-likeness (QED) is 0.603. The highest BCUT2D eigenvalue weighted by Crippen LogP contribution is 2.40. The summed E-state index contributed by atoms with van der Waals surface area (Å²) in [5, 5.41) is 4.07. The van der Waals surface area contributed by atoms with Crippen molar-refractivity contribution in [2.45, 2.75) is 49.4 Å². The first-order valence-electron chi connectivity index (χ1n) is 9.95. The van der Waals surface area contributed by atoms with Crippen LogP contribution in [0.5, 0.6) is 0 Å². The Bertz CT molecular complexity index is 966. The van der Waals surface area contributed by atoms with Crippen LogP contribution in [0.15, 0.2) is 17.6 Å². The van der Waals surface area contributed by atoms with Gasteiger partial charge >= 0.3 is 0 Å². The molecule has 9 heteroatoms. The van der Waals surface area contributed by atoms with Crippen molar-refractivity contribution in [2.75, 3.05) is 31.3 Å². The van der Waals surface area contributed by atoms with Crippen LogP contribution < -0.4 is 5.32 Å². The first-order valence-corrected chi connectivity index (χ1v) is 11.2. The lowest BCUT2D eigenvalue weighted by Crippen LogP contribution is -2.42. The van der Waals surface area contributed by atoms with E-state index in [4.69, 9.17) is 9.72 Å². The highest BCUT2D eigenvalue weighted by Gasteiger charge is 2.46. The number of hydrogen-bond acceptors (Lipinski definition) is 8. The molecule has 152 valence electrons. The van der Waals surface area contributed by atoms with E-state index in [1.165, 1.54) is 24.6 Å². The lowest BCUT2D eigenvalue weighted by Gasteiger charge is -2.34. The highest BCUT2D eigenvalue weighted by molar-refractivity contribution is 7.98. The second-order valence-electron chi connectivity index (χ2n) is 8.09. The van der Waals surface area contributed by atoms with Gasteiger partial charge in [-0.2, -0.15) is 0 Å². The average molecular weight is 413 g/mol. The lowest BCUT2D eigenvalue weighted by atomic mass is 9.80. The van der Waals surface area contributed by atoms with Gasteiger partial charge in [0.15, 0.2) is 5.16 Å². The number of nitrogens with one attached hydrogen (secondary N) is 1. The minimum Gasteiger partial charge on any atom is -0.376 e. The maximum absolute atomic E-state index is 13.2. The molecule has 3 aliphatic rings. The fraction of sp³-hybridized carbons (Fsp3) is 0.550. The molecule has 1 saturated heterocycles. The SMILES string of the molecule is CSc1ncc(C(=O)N2CCC3(COCc4cnc(NC5CC5)nc43)C2)c(C)n1. The van der Waals surface area contributed by atoms with Crippen LogP contribution >= 0.6 is 11.8 Å². The van der Waals surface area contributed by atoms with E-state index in [1.807, 2.05) is 24.3 Å². The molecule has 1 spiro atoms. The predicted molar refractivity (Wildman–Crippen MR) is 109 cm³/mol. The molecule has 1 N–H and O–H groups in total. The van der Waals surface area contributed by atoms with Crippen molar-refractivity contribution in [2.24, 2.45) is 0 Å². The van der Waals surface area contributed by atoms with Crippen molar-refractivity contribution in [1.29, 1.82) is 0 Å². The molecule has 29 heavy (non-hydrogen) atoms. The van der Waals surface area contributed by atoms with Gasteiger partial charge < -0.3 is 15.0 Å². The topological polar surface area (TPSA) is 93.1 Å². The number of ether oxygens (including phenoxy) is 1. The number of likely N-dealkylation sites (tertiary alicyclic amines) is 1. The van der Waals surface area contributed by atoms with E-state index in [2.05, 4.69) is 20.3 Å². The number of aromatic nitrogens is 4. The number of anilines is 1. The molecule has 2 aliphatic heterocycles. The van der Waals surface area contributed by atoms with Crippen molar-refractivity contribution >= 4 is 23.6 Å². The number of thioether (sulfide) groups is 1. The first kappa shape index (κ1) is 18.7. The van der Waals surface area contributed by atoms with Crippen LogP contribution in [0.4, 0.5) is 5.95 Å². The maximum atomic E-state index is 13.2. The third-order valence-electron chi connectivity index (χ3n) is 5.92. The minimum absolute atomic E-state index is 0.0236. The van der Waals surface area contributed by atoms with Gasteiger partial charge in [-0.15, -0.1) is 0 Å². The van der Waals surface area contributed by atoms with Crippen molar-refractivity contribution in [3.8, 4) is 0 Å². The van der Waals surface area contributed by atoms with Crippen LogP contribution in [-0.4, -0.2) is 62.7 Å². The Kier molecular flexibility index (Phi) is 4.66. The fourth-order valence-corrected chi connectivity index (χ4v) is 4.54. The molecule has 1 saturated carbocycles.